The highest BCUT2D eigenvalue weighted by atomic mass is 16.3. The molecule has 2 aliphatic rings. The van der Waals surface area contributed by atoms with E-state index in [9.17, 15) is 9.90 Å². The van der Waals surface area contributed by atoms with Crippen LogP contribution < -0.4 is 10.2 Å². The second kappa shape index (κ2) is 7.01. The smallest absolute Gasteiger partial charge is 0.322 e. The summed E-state index contributed by atoms with van der Waals surface area (Å²) in [6.45, 7) is 3.01. The number of aliphatic hydroxyl groups is 1. The topological polar surface area (TPSA) is 55.8 Å². The minimum atomic E-state index is -0.109. The molecule has 1 aromatic rings. The maximum absolute atomic E-state index is 12.3. The average molecular weight is 303 g/mol. The average Bonchev–Trinajstić information content (AvgIpc) is 3.05. The van der Waals surface area contributed by atoms with Gasteiger partial charge in [-0.15, -0.1) is 0 Å². The first kappa shape index (κ1) is 15.2. The number of benzene rings is 1. The Labute approximate surface area is 131 Å². The predicted octanol–water partition coefficient (Wildman–Crippen LogP) is 2.67. The molecule has 2 saturated heterocycles. The van der Waals surface area contributed by atoms with Gasteiger partial charge in [0.1, 0.15) is 0 Å². The van der Waals surface area contributed by atoms with E-state index in [0.717, 1.165) is 38.2 Å². The molecule has 5 nitrogen and oxygen atoms in total. The van der Waals surface area contributed by atoms with Gasteiger partial charge in [-0.05, 0) is 56.4 Å². The summed E-state index contributed by atoms with van der Waals surface area (Å²) in [6.07, 6.45) is 5.70. The molecule has 1 aromatic carbocycles. The van der Waals surface area contributed by atoms with Gasteiger partial charge in [-0.1, -0.05) is 0 Å². The third kappa shape index (κ3) is 3.35. The summed E-state index contributed by atoms with van der Waals surface area (Å²) in [6, 6.07) is 7.94. The van der Waals surface area contributed by atoms with E-state index in [1.807, 2.05) is 12.1 Å². The van der Waals surface area contributed by atoms with Crippen LogP contribution in [0.2, 0.25) is 0 Å². The Morgan fingerprint density at radius 1 is 1.09 bits per heavy atom. The van der Waals surface area contributed by atoms with Crippen molar-refractivity contribution in [2.45, 2.75) is 38.1 Å². The molecule has 0 aliphatic carbocycles. The Hall–Kier alpha value is -1.75. The van der Waals surface area contributed by atoms with Gasteiger partial charge in [-0.2, -0.15) is 0 Å². The summed E-state index contributed by atoms with van der Waals surface area (Å²) < 4.78 is 0. The number of carbonyl (C=O) groups excluding carboxylic acids is 1. The lowest BCUT2D eigenvalue weighted by atomic mass is 10.1. The van der Waals surface area contributed by atoms with E-state index in [4.69, 9.17) is 0 Å². The van der Waals surface area contributed by atoms with Gasteiger partial charge in [0.25, 0.3) is 0 Å². The first-order valence-corrected chi connectivity index (χ1v) is 8.31. The van der Waals surface area contributed by atoms with Gasteiger partial charge >= 0.3 is 6.03 Å². The molecule has 0 saturated carbocycles. The van der Waals surface area contributed by atoms with Crippen LogP contribution in [0.15, 0.2) is 24.3 Å². The molecule has 5 heteroatoms. The van der Waals surface area contributed by atoms with Crippen molar-refractivity contribution < 1.29 is 9.90 Å². The normalized spacial score (nSPS) is 22.0. The van der Waals surface area contributed by atoms with Crippen LogP contribution in [0.3, 0.4) is 0 Å². The summed E-state index contributed by atoms with van der Waals surface area (Å²) >= 11 is 0. The first-order chi connectivity index (χ1) is 10.8. The molecular weight excluding hydrogens is 278 g/mol. The van der Waals surface area contributed by atoms with Crippen LogP contribution in [0.1, 0.15) is 32.1 Å². The van der Waals surface area contributed by atoms with Crippen LogP contribution in [-0.2, 0) is 0 Å². The van der Waals surface area contributed by atoms with Crippen molar-refractivity contribution in [3.63, 3.8) is 0 Å². The van der Waals surface area contributed by atoms with E-state index in [1.54, 1.807) is 4.90 Å². The lowest BCUT2D eigenvalue weighted by Gasteiger charge is -2.29. The number of anilines is 2. The second-order valence-electron chi connectivity index (χ2n) is 6.20. The number of aliphatic hydroxyl groups excluding tert-OH is 1. The number of hydrogen-bond acceptors (Lipinski definition) is 3. The number of hydrogen-bond donors (Lipinski definition) is 2. The summed E-state index contributed by atoms with van der Waals surface area (Å²) in [5.74, 6) is 0. The molecule has 2 heterocycles. The SMILES string of the molecule is O=C(Nc1ccc(N2CCCCC2)cc1)N1CCC[C@H]1CO. The van der Waals surface area contributed by atoms with Crippen LogP contribution in [0.5, 0.6) is 0 Å². The fourth-order valence-corrected chi connectivity index (χ4v) is 3.40. The molecule has 0 spiro atoms. The molecule has 2 amide bonds. The fourth-order valence-electron chi connectivity index (χ4n) is 3.40. The van der Waals surface area contributed by atoms with Gasteiger partial charge in [0.15, 0.2) is 0 Å². The van der Waals surface area contributed by atoms with Crippen LogP contribution >= 0.6 is 0 Å². The molecule has 3 rings (SSSR count). The standard InChI is InChI=1S/C17H25N3O2/c21-13-16-5-4-12-20(16)17(22)18-14-6-8-15(9-7-14)19-10-2-1-3-11-19/h6-9,16,21H,1-5,10-13H2,(H,18,22)/t16-/m0/s1. The van der Waals surface area contributed by atoms with Gasteiger partial charge < -0.3 is 20.2 Å². The number of amides is 2. The maximum atomic E-state index is 12.3. The van der Waals surface area contributed by atoms with Crippen molar-refractivity contribution in [2.75, 3.05) is 36.5 Å². The van der Waals surface area contributed by atoms with E-state index in [-0.39, 0.29) is 18.7 Å². The van der Waals surface area contributed by atoms with E-state index >= 15 is 0 Å². The summed E-state index contributed by atoms with van der Waals surface area (Å²) in [5.41, 5.74) is 2.04. The number of nitrogens with one attached hydrogen (secondary N) is 1. The number of nitrogens with zero attached hydrogens (tertiary/aromatic N) is 2. The molecule has 0 unspecified atom stereocenters. The molecule has 2 N–H and O–H groups in total. The van der Waals surface area contributed by atoms with Gasteiger partial charge in [-0.25, -0.2) is 4.79 Å². The minimum Gasteiger partial charge on any atom is -0.394 e. The van der Waals surface area contributed by atoms with Crippen molar-refractivity contribution >= 4 is 17.4 Å². The number of urea groups is 1. The van der Waals surface area contributed by atoms with Crippen molar-refractivity contribution in [2.24, 2.45) is 0 Å². The fraction of sp³-hybridized carbons (Fsp3) is 0.588. The van der Waals surface area contributed by atoms with Crippen LogP contribution in [-0.4, -0.2) is 48.3 Å². The predicted molar refractivity (Wildman–Crippen MR) is 88.3 cm³/mol. The second-order valence-corrected chi connectivity index (χ2v) is 6.20. The monoisotopic (exact) mass is 303 g/mol. The number of piperidine rings is 1. The zero-order chi connectivity index (χ0) is 15.4. The molecule has 2 aliphatic heterocycles. The van der Waals surface area contributed by atoms with Crippen molar-refractivity contribution in [1.29, 1.82) is 0 Å². The quantitative estimate of drug-likeness (QED) is 0.902. The van der Waals surface area contributed by atoms with Crippen LogP contribution in [0, 0.1) is 0 Å². The Morgan fingerprint density at radius 3 is 2.50 bits per heavy atom. The Balaban J connectivity index is 1.59. The van der Waals surface area contributed by atoms with Crippen molar-refractivity contribution in [3.8, 4) is 0 Å². The maximum Gasteiger partial charge on any atom is 0.322 e. The molecule has 2 fully saturated rings. The van der Waals surface area contributed by atoms with Crippen LogP contribution in [0.4, 0.5) is 16.2 Å². The highest BCUT2D eigenvalue weighted by Gasteiger charge is 2.27. The molecule has 0 aromatic heterocycles. The summed E-state index contributed by atoms with van der Waals surface area (Å²) in [7, 11) is 0. The third-order valence-corrected chi connectivity index (χ3v) is 4.69. The lowest BCUT2D eigenvalue weighted by Crippen LogP contribution is -2.40. The van der Waals surface area contributed by atoms with Crippen molar-refractivity contribution in [3.05, 3.63) is 24.3 Å². The first-order valence-electron chi connectivity index (χ1n) is 8.31. The Morgan fingerprint density at radius 2 is 1.82 bits per heavy atom. The van der Waals surface area contributed by atoms with Gasteiger partial charge in [0, 0.05) is 31.0 Å². The zero-order valence-corrected chi connectivity index (χ0v) is 13.0. The molecule has 120 valence electrons. The lowest BCUT2D eigenvalue weighted by molar-refractivity contribution is 0.166. The van der Waals surface area contributed by atoms with Gasteiger partial charge in [0.2, 0.25) is 0 Å². The van der Waals surface area contributed by atoms with Crippen molar-refractivity contribution in [1.82, 2.24) is 4.90 Å². The zero-order valence-electron chi connectivity index (χ0n) is 13.0. The molecule has 0 radical (unpaired) electrons. The van der Waals surface area contributed by atoms with Crippen LogP contribution in [0.25, 0.3) is 0 Å². The summed E-state index contributed by atoms with van der Waals surface area (Å²) in [5, 5.41) is 12.2. The number of carbonyl (C=O) groups is 1. The molecule has 1 atom stereocenters. The highest BCUT2D eigenvalue weighted by molar-refractivity contribution is 5.90. The van der Waals surface area contributed by atoms with E-state index in [0.29, 0.717) is 0 Å². The highest BCUT2D eigenvalue weighted by Crippen LogP contribution is 2.23. The van der Waals surface area contributed by atoms with E-state index in [1.165, 1.54) is 24.9 Å². The summed E-state index contributed by atoms with van der Waals surface area (Å²) in [4.78, 5) is 16.4. The van der Waals surface area contributed by atoms with E-state index in [2.05, 4.69) is 22.3 Å². The number of rotatable bonds is 3. The van der Waals surface area contributed by atoms with Gasteiger partial charge in [-0.3, -0.25) is 0 Å². The molecule has 0 bridgehead atoms. The molecular formula is C17H25N3O2. The third-order valence-electron chi connectivity index (χ3n) is 4.69. The molecule has 22 heavy (non-hydrogen) atoms. The van der Waals surface area contributed by atoms with Gasteiger partial charge in [0.05, 0.1) is 12.6 Å². The largest absolute Gasteiger partial charge is 0.394 e. The Bertz CT molecular complexity index is 497. The minimum absolute atomic E-state index is 0.0346. The Kier molecular flexibility index (Phi) is 4.83. The van der Waals surface area contributed by atoms with E-state index < -0.39 is 0 Å². The number of likely N-dealkylation sites (tertiary alicyclic amines) is 1.